The summed E-state index contributed by atoms with van der Waals surface area (Å²) < 4.78 is 5.72. The van der Waals surface area contributed by atoms with Gasteiger partial charge in [0.1, 0.15) is 21.8 Å². The first kappa shape index (κ1) is 19.6. The molecule has 0 spiro atoms. The van der Waals surface area contributed by atoms with E-state index in [1.54, 1.807) is 11.3 Å². The first-order valence-corrected chi connectivity index (χ1v) is 10.8. The molecule has 29 heavy (non-hydrogen) atoms. The standard InChI is InChI=1S/C23H24N4OS/c1-4-25-20-10-9-17-18(20)6-5-7-19(17)23-27-26-22(29-23)15-8-11-21(28-14(2)3)16(12-15)13-24/h5-8,11-12,14,20,25H,4,9-10H2,1-3H3. The summed E-state index contributed by atoms with van der Waals surface area (Å²) in [6.07, 6.45) is 2.19. The number of hydrogen-bond acceptors (Lipinski definition) is 6. The highest BCUT2D eigenvalue weighted by Gasteiger charge is 2.25. The Bertz CT molecular complexity index is 1070. The summed E-state index contributed by atoms with van der Waals surface area (Å²) in [7, 11) is 0. The number of aromatic nitrogens is 2. The van der Waals surface area contributed by atoms with Gasteiger partial charge in [-0.1, -0.05) is 36.5 Å². The zero-order valence-electron chi connectivity index (χ0n) is 16.9. The summed E-state index contributed by atoms with van der Waals surface area (Å²) in [4.78, 5) is 0. The normalized spacial score (nSPS) is 15.3. The highest BCUT2D eigenvalue weighted by molar-refractivity contribution is 7.17. The van der Waals surface area contributed by atoms with Gasteiger partial charge in [0, 0.05) is 17.2 Å². The number of benzene rings is 2. The Labute approximate surface area is 175 Å². The summed E-state index contributed by atoms with van der Waals surface area (Å²) >= 11 is 1.57. The molecule has 148 valence electrons. The second-order valence-corrected chi connectivity index (χ2v) is 8.40. The molecular formula is C23H24N4OS. The molecule has 0 aliphatic heterocycles. The third-order valence-corrected chi connectivity index (χ3v) is 6.09. The minimum absolute atomic E-state index is 0.0206. The van der Waals surface area contributed by atoms with Crippen molar-refractivity contribution in [2.24, 2.45) is 0 Å². The summed E-state index contributed by atoms with van der Waals surface area (Å²) in [5.41, 5.74) is 5.33. The van der Waals surface area contributed by atoms with Gasteiger partial charge in [-0.05, 0) is 62.6 Å². The molecule has 4 rings (SSSR count). The van der Waals surface area contributed by atoms with Crippen LogP contribution in [0.2, 0.25) is 0 Å². The third kappa shape index (κ3) is 3.89. The van der Waals surface area contributed by atoms with E-state index < -0.39 is 0 Å². The lowest BCUT2D eigenvalue weighted by Crippen LogP contribution is -2.18. The van der Waals surface area contributed by atoms with Crippen molar-refractivity contribution in [1.82, 2.24) is 15.5 Å². The molecule has 1 aromatic heterocycles. The Morgan fingerprint density at radius 1 is 1.24 bits per heavy atom. The number of ether oxygens (including phenoxy) is 1. The number of fused-ring (bicyclic) bond motifs is 1. The molecule has 0 bridgehead atoms. The average molecular weight is 405 g/mol. The minimum Gasteiger partial charge on any atom is -0.490 e. The molecule has 3 aromatic rings. The van der Waals surface area contributed by atoms with Crippen molar-refractivity contribution in [3.8, 4) is 33.0 Å². The van der Waals surface area contributed by atoms with Gasteiger partial charge in [0.05, 0.1) is 11.7 Å². The van der Waals surface area contributed by atoms with Crippen LogP contribution < -0.4 is 10.1 Å². The minimum atomic E-state index is 0.0206. The molecule has 1 unspecified atom stereocenters. The first-order chi connectivity index (χ1) is 14.1. The molecule has 1 atom stereocenters. The van der Waals surface area contributed by atoms with Crippen molar-refractivity contribution in [2.45, 2.75) is 45.8 Å². The molecule has 1 aliphatic rings. The van der Waals surface area contributed by atoms with Gasteiger partial charge in [0.15, 0.2) is 0 Å². The lowest BCUT2D eigenvalue weighted by Gasteiger charge is -2.12. The van der Waals surface area contributed by atoms with Crippen LogP contribution in [0.1, 0.15) is 49.9 Å². The van der Waals surface area contributed by atoms with E-state index in [1.807, 2.05) is 32.0 Å². The summed E-state index contributed by atoms with van der Waals surface area (Å²) in [6, 6.07) is 14.7. The number of nitriles is 1. The molecule has 0 radical (unpaired) electrons. The van der Waals surface area contributed by atoms with E-state index in [9.17, 15) is 5.26 Å². The SMILES string of the molecule is CCNC1CCc2c(-c3nnc(-c4ccc(OC(C)C)c(C#N)c4)s3)cccc21. The zero-order valence-corrected chi connectivity index (χ0v) is 17.7. The summed E-state index contributed by atoms with van der Waals surface area (Å²) in [5.74, 6) is 0.603. The van der Waals surface area contributed by atoms with Crippen LogP contribution in [0.5, 0.6) is 5.75 Å². The van der Waals surface area contributed by atoms with Gasteiger partial charge in [-0.25, -0.2) is 0 Å². The van der Waals surface area contributed by atoms with Crippen molar-refractivity contribution in [1.29, 1.82) is 5.26 Å². The molecule has 1 aliphatic carbocycles. The molecule has 0 fully saturated rings. The van der Waals surface area contributed by atoms with E-state index in [-0.39, 0.29) is 6.10 Å². The average Bonchev–Trinajstić information content (AvgIpc) is 3.36. The second kappa shape index (κ2) is 8.32. The van der Waals surface area contributed by atoms with Crippen LogP contribution in [0.3, 0.4) is 0 Å². The van der Waals surface area contributed by atoms with Crippen molar-refractivity contribution in [3.05, 3.63) is 53.1 Å². The van der Waals surface area contributed by atoms with Crippen LogP contribution in [-0.2, 0) is 6.42 Å². The van der Waals surface area contributed by atoms with E-state index in [1.165, 1.54) is 16.7 Å². The fourth-order valence-corrected chi connectivity index (χ4v) is 4.76. The Morgan fingerprint density at radius 3 is 2.83 bits per heavy atom. The maximum absolute atomic E-state index is 9.49. The molecule has 0 saturated heterocycles. The van der Waals surface area contributed by atoms with E-state index in [4.69, 9.17) is 4.74 Å². The van der Waals surface area contributed by atoms with Crippen molar-refractivity contribution in [3.63, 3.8) is 0 Å². The Hall–Kier alpha value is -2.75. The Balaban J connectivity index is 1.66. The van der Waals surface area contributed by atoms with Crippen LogP contribution >= 0.6 is 11.3 Å². The number of nitrogens with zero attached hydrogens (tertiary/aromatic N) is 3. The van der Waals surface area contributed by atoms with Crippen LogP contribution in [-0.4, -0.2) is 22.8 Å². The predicted octanol–water partition coefficient (Wildman–Crippen LogP) is 5.13. The molecule has 5 nitrogen and oxygen atoms in total. The zero-order chi connectivity index (χ0) is 20.4. The van der Waals surface area contributed by atoms with Gasteiger partial charge in [0.2, 0.25) is 0 Å². The van der Waals surface area contributed by atoms with E-state index in [2.05, 4.69) is 46.7 Å². The molecule has 1 heterocycles. The third-order valence-electron chi connectivity index (χ3n) is 5.09. The summed E-state index contributed by atoms with van der Waals surface area (Å²) in [6.45, 7) is 7.01. The highest BCUT2D eigenvalue weighted by atomic mass is 32.1. The number of hydrogen-bond donors (Lipinski definition) is 1. The Morgan fingerprint density at radius 2 is 2.07 bits per heavy atom. The smallest absolute Gasteiger partial charge is 0.148 e. The van der Waals surface area contributed by atoms with Gasteiger partial charge >= 0.3 is 0 Å². The van der Waals surface area contributed by atoms with E-state index in [0.717, 1.165) is 35.0 Å². The van der Waals surface area contributed by atoms with E-state index in [0.29, 0.717) is 17.4 Å². The largest absolute Gasteiger partial charge is 0.490 e. The Kier molecular flexibility index (Phi) is 5.61. The highest BCUT2D eigenvalue weighted by Crippen LogP contribution is 2.40. The second-order valence-electron chi connectivity index (χ2n) is 7.42. The fourth-order valence-electron chi connectivity index (χ4n) is 3.87. The van der Waals surface area contributed by atoms with Crippen LogP contribution in [0.4, 0.5) is 0 Å². The van der Waals surface area contributed by atoms with Gasteiger partial charge in [-0.3, -0.25) is 0 Å². The van der Waals surface area contributed by atoms with Crippen molar-refractivity contribution >= 4 is 11.3 Å². The topological polar surface area (TPSA) is 70.8 Å². The summed E-state index contributed by atoms with van der Waals surface area (Å²) in [5, 5.41) is 23.7. The van der Waals surface area contributed by atoms with Crippen LogP contribution in [0.15, 0.2) is 36.4 Å². The molecule has 1 N–H and O–H groups in total. The lowest BCUT2D eigenvalue weighted by atomic mass is 10.0. The molecular weight excluding hydrogens is 380 g/mol. The van der Waals surface area contributed by atoms with Crippen LogP contribution in [0.25, 0.3) is 21.1 Å². The fraction of sp³-hybridized carbons (Fsp3) is 0.348. The van der Waals surface area contributed by atoms with E-state index >= 15 is 0 Å². The van der Waals surface area contributed by atoms with Crippen molar-refractivity contribution in [2.75, 3.05) is 6.54 Å². The predicted molar refractivity (Wildman–Crippen MR) is 116 cm³/mol. The van der Waals surface area contributed by atoms with Crippen molar-refractivity contribution < 1.29 is 4.74 Å². The number of nitrogens with one attached hydrogen (secondary N) is 1. The van der Waals surface area contributed by atoms with Gasteiger partial charge < -0.3 is 10.1 Å². The number of rotatable bonds is 6. The van der Waals surface area contributed by atoms with Crippen LogP contribution in [0, 0.1) is 11.3 Å². The molecule has 6 heteroatoms. The monoisotopic (exact) mass is 404 g/mol. The van der Waals surface area contributed by atoms with Gasteiger partial charge in [-0.15, -0.1) is 10.2 Å². The first-order valence-electron chi connectivity index (χ1n) is 10.0. The lowest BCUT2D eigenvalue weighted by molar-refractivity contribution is 0.242. The van der Waals surface area contributed by atoms with Gasteiger partial charge in [0.25, 0.3) is 0 Å². The molecule has 2 aromatic carbocycles. The quantitative estimate of drug-likeness (QED) is 0.617. The maximum atomic E-state index is 9.49. The molecule has 0 amide bonds. The molecule has 0 saturated carbocycles. The maximum Gasteiger partial charge on any atom is 0.148 e. The van der Waals surface area contributed by atoms with Gasteiger partial charge in [-0.2, -0.15) is 5.26 Å².